The minimum atomic E-state index is -0.160. The molecular weight excluding hydrogens is 171 g/mol. The Hall–Kier alpha value is -1.25. The van der Waals surface area contributed by atoms with Crippen molar-refractivity contribution in [3.63, 3.8) is 0 Å². The molecule has 1 aliphatic carbocycles. The highest BCUT2D eigenvalue weighted by Gasteiger charge is 2.33. The van der Waals surface area contributed by atoms with Crippen LogP contribution in [0.5, 0.6) is 11.5 Å². The van der Waals surface area contributed by atoms with E-state index >= 15 is 0 Å². The van der Waals surface area contributed by atoms with E-state index in [1.54, 1.807) is 6.07 Å². The second-order valence-electron chi connectivity index (χ2n) is 3.47. The summed E-state index contributed by atoms with van der Waals surface area (Å²) >= 11 is 0. The Morgan fingerprint density at radius 3 is 2.85 bits per heavy atom. The molecule has 1 heterocycles. The van der Waals surface area contributed by atoms with Gasteiger partial charge in [0, 0.05) is 5.56 Å². The predicted molar refractivity (Wildman–Crippen MR) is 44.5 cm³/mol. The minimum absolute atomic E-state index is 0.160. The van der Waals surface area contributed by atoms with Crippen LogP contribution in [-0.2, 0) is 0 Å². The lowest BCUT2D eigenvalue weighted by atomic mass is 10.1. The first-order chi connectivity index (χ1) is 6.36. The van der Waals surface area contributed by atoms with E-state index in [1.165, 1.54) is 6.07 Å². The van der Waals surface area contributed by atoms with E-state index in [0.717, 1.165) is 18.4 Å². The second kappa shape index (κ2) is 2.37. The number of fused-ring (bicyclic) bond motifs is 1. The fourth-order valence-corrected chi connectivity index (χ4v) is 1.72. The molecule has 2 nitrogen and oxygen atoms in total. The van der Waals surface area contributed by atoms with E-state index in [1.807, 2.05) is 0 Å². The van der Waals surface area contributed by atoms with Gasteiger partial charge in [0.2, 0.25) is 6.79 Å². The summed E-state index contributed by atoms with van der Waals surface area (Å²) in [6, 6.07) is 3.09. The molecule has 1 aliphatic heterocycles. The lowest BCUT2D eigenvalue weighted by Gasteiger charge is -2.04. The van der Waals surface area contributed by atoms with Gasteiger partial charge >= 0.3 is 0 Å². The van der Waals surface area contributed by atoms with E-state index < -0.39 is 0 Å². The molecule has 0 bridgehead atoms. The van der Waals surface area contributed by atoms with Gasteiger partial charge in [-0.25, -0.2) is 4.39 Å². The molecule has 0 saturated heterocycles. The summed E-state index contributed by atoms with van der Waals surface area (Å²) in [5, 5.41) is 0. The third kappa shape index (κ3) is 0.996. The van der Waals surface area contributed by atoms with Gasteiger partial charge in [-0.1, -0.05) is 0 Å². The van der Waals surface area contributed by atoms with Gasteiger partial charge in [-0.3, -0.25) is 0 Å². The highest BCUT2D eigenvalue weighted by atomic mass is 19.1. The monoisotopic (exact) mass is 180 g/mol. The van der Waals surface area contributed by atoms with E-state index in [2.05, 4.69) is 0 Å². The number of benzene rings is 1. The molecule has 1 fully saturated rings. The van der Waals surface area contributed by atoms with E-state index in [4.69, 9.17) is 9.47 Å². The molecule has 13 heavy (non-hydrogen) atoms. The highest BCUT2D eigenvalue weighted by Crippen LogP contribution is 2.49. The zero-order chi connectivity index (χ0) is 8.84. The number of rotatable bonds is 1. The molecule has 2 aliphatic rings. The van der Waals surface area contributed by atoms with Crippen molar-refractivity contribution < 1.29 is 13.9 Å². The van der Waals surface area contributed by atoms with Crippen molar-refractivity contribution >= 4 is 0 Å². The highest BCUT2D eigenvalue weighted by molar-refractivity contribution is 5.51. The number of halogens is 1. The molecule has 1 aromatic carbocycles. The number of hydrogen-bond acceptors (Lipinski definition) is 2. The van der Waals surface area contributed by atoms with E-state index in [-0.39, 0.29) is 12.6 Å². The van der Waals surface area contributed by atoms with Crippen LogP contribution < -0.4 is 9.47 Å². The van der Waals surface area contributed by atoms with E-state index in [9.17, 15) is 4.39 Å². The summed E-state index contributed by atoms with van der Waals surface area (Å²) < 4.78 is 23.8. The molecule has 0 atom stereocenters. The van der Waals surface area contributed by atoms with Crippen LogP contribution >= 0.6 is 0 Å². The first-order valence-corrected chi connectivity index (χ1v) is 4.44. The Labute approximate surface area is 75.3 Å². The predicted octanol–water partition coefficient (Wildman–Crippen LogP) is 2.43. The maximum absolute atomic E-state index is 13.4. The van der Waals surface area contributed by atoms with Crippen molar-refractivity contribution in [3.8, 4) is 11.5 Å². The Bertz CT molecular complexity index is 358. The molecule has 68 valence electrons. The standard InChI is InChI=1S/C10H9FO2/c11-7-3-4-8-10(13-5-12-8)9(7)6-1-2-6/h3-4,6H,1-2,5H2. The Balaban J connectivity index is 2.18. The van der Waals surface area contributed by atoms with Crippen LogP contribution in [0.3, 0.4) is 0 Å². The van der Waals surface area contributed by atoms with Gasteiger partial charge in [-0.2, -0.15) is 0 Å². The van der Waals surface area contributed by atoms with Crippen molar-refractivity contribution in [1.82, 2.24) is 0 Å². The maximum atomic E-state index is 13.4. The third-order valence-electron chi connectivity index (χ3n) is 2.51. The summed E-state index contributed by atoms with van der Waals surface area (Å²) in [4.78, 5) is 0. The van der Waals surface area contributed by atoms with Crippen LogP contribution in [0.15, 0.2) is 12.1 Å². The van der Waals surface area contributed by atoms with Crippen LogP contribution in [0.1, 0.15) is 24.3 Å². The van der Waals surface area contributed by atoms with Crippen LogP contribution in [0.4, 0.5) is 4.39 Å². The van der Waals surface area contributed by atoms with Crippen molar-refractivity contribution in [3.05, 3.63) is 23.5 Å². The van der Waals surface area contributed by atoms with Gasteiger partial charge < -0.3 is 9.47 Å². The smallest absolute Gasteiger partial charge is 0.231 e. The molecule has 0 N–H and O–H groups in total. The molecule has 0 aromatic heterocycles. The normalized spacial score (nSPS) is 19.2. The van der Waals surface area contributed by atoms with Gasteiger partial charge in [0.05, 0.1) is 0 Å². The van der Waals surface area contributed by atoms with Crippen LogP contribution in [0, 0.1) is 5.82 Å². The lowest BCUT2D eigenvalue weighted by molar-refractivity contribution is 0.173. The van der Waals surface area contributed by atoms with Gasteiger partial charge in [0.25, 0.3) is 0 Å². The first-order valence-electron chi connectivity index (χ1n) is 4.44. The second-order valence-corrected chi connectivity index (χ2v) is 3.47. The summed E-state index contributed by atoms with van der Waals surface area (Å²) in [5.41, 5.74) is 0.718. The van der Waals surface area contributed by atoms with Gasteiger partial charge in [-0.15, -0.1) is 0 Å². The molecule has 0 unspecified atom stereocenters. The van der Waals surface area contributed by atoms with Crippen molar-refractivity contribution in [2.45, 2.75) is 18.8 Å². The molecule has 3 heteroatoms. The Morgan fingerprint density at radius 2 is 2.08 bits per heavy atom. The summed E-state index contributed by atoms with van der Waals surface area (Å²) in [5.74, 6) is 1.51. The quantitative estimate of drug-likeness (QED) is 0.660. The van der Waals surface area contributed by atoms with Gasteiger partial charge in [0.15, 0.2) is 11.5 Å². The summed E-state index contributed by atoms with van der Waals surface area (Å²) in [7, 11) is 0. The van der Waals surface area contributed by atoms with E-state index in [0.29, 0.717) is 17.4 Å². The average molecular weight is 180 g/mol. The van der Waals surface area contributed by atoms with Crippen molar-refractivity contribution in [1.29, 1.82) is 0 Å². The Kier molecular flexibility index (Phi) is 1.31. The van der Waals surface area contributed by atoms with Crippen molar-refractivity contribution in [2.24, 2.45) is 0 Å². The first kappa shape index (κ1) is 7.18. The summed E-state index contributed by atoms with van der Waals surface area (Å²) in [6.45, 7) is 0.221. The topological polar surface area (TPSA) is 18.5 Å². The lowest BCUT2D eigenvalue weighted by Crippen LogP contribution is -1.95. The molecule has 3 rings (SSSR count). The third-order valence-corrected chi connectivity index (χ3v) is 2.51. The fourth-order valence-electron chi connectivity index (χ4n) is 1.72. The number of ether oxygens (including phenoxy) is 2. The van der Waals surface area contributed by atoms with Crippen LogP contribution in [0.25, 0.3) is 0 Å². The molecule has 0 amide bonds. The fraction of sp³-hybridized carbons (Fsp3) is 0.400. The van der Waals surface area contributed by atoms with Crippen LogP contribution in [0.2, 0.25) is 0 Å². The van der Waals surface area contributed by atoms with Crippen molar-refractivity contribution in [2.75, 3.05) is 6.79 Å². The molecule has 0 spiro atoms. The van der Waals surface area contributed by atoms with Gasteiger partial charge in [0.1, 0.15) is 5.82 Å². The zero-order valence-electron chi connectivity index (χ0n) is 7.05. The Morgan fingerprint density at radius 1 is 1.23 bits per heavy atom. The molecule has 1 aromatic rings. The SMILES string of the molecule is Fc1ccc2c(c1C1CC1)OCO2. The zero-order valence-corrected chi connectivity index (χ0v) is 7.05. The van der Waals surface area contributed by atoms with Gasteiger partial charge in [-0.05, 0) is 30.9 Å². The minimum Gasteiger partial charge on any atom is -0.454 e. The molecular formula is C10H9FO2. The molecule has 0 radical (unpaired) electrons. The number of hydrogen-bond donors (Lipinski definition) is 0. The summed E-state index contributed by atoms with van der Waals surface area (Å²) in [6.07, 6.45) is 2.13. The van der Waals surface area contributed by atoms with Crippen LogP contribution in [-0.4, -0.2) is 6.79 Å². The average Bonchev–Trinajstić information content (AvgIpc) is 2.82. The largest absolute Gasteiger partial charge is 0.454 e. The maximum Gasteiger partial charge on any atom is 0.231 e. The molecule has 1 saturated carbocycles.